The lowest BCUT2D eigenvalue weighted by Crippen LogP contribution is -2.48. The summed E-state index contributed by atoms with van der Waals surface area (Å²) < 4.78 is 1.53. The lowest BCUT2D eigenvalue weighted by atomic mass is 10.1. The topological polar surface area (TPSA) is 122 Å². The molecule has 9 nitrogen and oxygen atoms in total. The van der Waals surface area contributed by atoms with Crippen LogP contribution in [-0.2, 0) is 0 Å². The monoisotopic (exact) mass is 293 g/mol. The molecule has 0 saturated heterocycles. The van der Waals surface area contributed by atoms with Crippen molar-refractivity contribution in [3.8, 4) is 0 Å². The zero-order chi connectivity index (χ0) is 15.9. The van der Waals surface area contributed by atoms with Gasteiger partial charge in [0.1, 0.15) is 5.69 Å². The first-order valence-corrected chi connectivity index (χ1v) is 6.41. The number of aromatic nitrogens is 4. The van der Waals surface area contributed by atoms with Crippen LogP contribution in [-0.4, -0.2) is 41.8 Å². The van der Waals surface area contributed by atoms with Gasteiger partial charge in [-0.05, 0) is 50.6 Å². The fourth-order valence-electron chi connectivity index (χ4n) is 1.99. The maximum Gasteiger partial charge on any atom is 0.426 e. The molecule has 0 atom stereocenters. The van der Waals surface area contributed by atoms with Crippen LogP contribution < -0.4 is 11.2 Å². The van der Waals surface area contributed by atoms with Crippen LogP contribution in [0.2, 0.25) is 0 Å². The fraction of sp³-hybridized carbons (Fsp3) is 0.500. The number of nitrogens with one attached hydrogen (secondary N) is 1. The molecule has 2 aromatic heterocycles. The minimum atomic E-state index is -1.10. The summed E-state index contributed by atoms with van der Waals surface area (Å²) in [5.41, 5.74) is 11.1. The first-order valence-electron chi connectivity index (χ1n) is 6.41. The Hall–Kier alpha value is -2.58. The molecule has 0 aliphatic rings. The maximum atomic E-state index is 11.4. The largest absolute Gasteiger partial charge is 0.464 e. The molecule has 0 unspecified atom stereocenters. The van der Waals surface area contributed by atoms with E-state index in [1.54, 1.807) is 20.8 Å². The lowest BCUT2D eigenvalue weighted by molar-refractivity contribution is 0.117. The standard InChI is InChI=1S/C12H19N7O2/c1-6-7(2)18-10(14-16-17-18)8(13)9(6)15-19(11(20)21)12(3,4)5/h15H,13H2,1-5H3,(H,20,21). The van der Waals surface area contributed by atoms with E-state index in [4.69, 9.17) is 5.73 Å². The number of hydrogen-bond acceptors (Lipinski definition) is 6. The number of carboxylic acid groups (broad SMARTS) is 1. The summed E-state index contributed by atoms with van der Waals surface area (Å²) in [6.45, 7) is 9.01. The van der Waals surface area contributed by atoms with Gasteiger partial charge in [0.25, 0.3) is 0 Å². The molecule has 4 N–H and O–H groups in total. The minimum absolute atomic E-state index is 0.304. The lowest BCUT2D eigenvalue weighted by Gasteiger charge is -2.34. The molecule has 2 aromatic rings. The Bertz CT molecular complexity index is 702. The second-order valence-corrected chi connectivity index (χ2v) is 5.81. The molecule has 0 fully saturated rings. The van der Waals surface area contributed by atoms with Gasteiger partial charge in [0.2, 0.25) is 5.65 Å². The van der Waals surface area contributed by atoms with Crippen LogP contribution in [0.1, 0.15) is 32.0 Å². The molecule has 114 valence electrons. The van der Waals surface area contributed by atoms with Crippen molar-refractivity contribution in [2.45, 2.75) is 40.2 Å². The third-order valence-corrected chi connectivity index (χ3v) is 3.30. The molecule has 0 bridgehead atoms. The van der Waals surface area contributed by atoms with Gasteiger partial charge in [-0.1, -0.05) is 0 Å². The number of nitrogens with zero attached hydrogens (tertiary/aromatic N) is 5. The van der Waals surface area contributed by atoms with Crippen molar-refractivity contribution in [2.75, 3.05) is 11.2 Å². The molecular weight excluding hydrogens is 274 g/mol. The number of anilines is 2. The normalized spacial score (nSPS) is 11.7. The smallest absolute Gasteiger partial charge is 0.426 e. The van der Waals surface area contributed by atoms with Gasteiger partial charge in [-0.2, -0.15) is 4.52 Å². The third kappa shape index (κ3) is 2.41. The molecule has 0 spiro atoms. The van der Waals surface area contributed by atoms with E-state index in [2.05, 4.69) is 21.0 Å². The number of rotatable bonds is 2. The average Bonchev–Trinajstić information content (AvgIpc) is 2.83. The molecule has 21 heavy (non-hydrogen) atoms. The van der Waals surface area contributed by atoms with Gasteiger partial charge in [-0.25, -0.2) is 9.80 Å². The van der Waals surface area contributed by atoms with E-state index in [1.807, 2.05) is 13.8 Å². The summed E-state index contributed by atoms with van der Waals surface area (Å²) in [4.78, 5) is 11.4. The highest BCUT2D eigenvalue weighted by molar-refractivity contribution is 5.83. The van der Waals surface area contributed by atoms with Gasteiger partial charge in [0.05, 0.1) is 11.2 Å². The Labute approximate surface area is 121 Å². The number of hydrogen-bond donors (Lipinski definition) is 3. The maximum absolute atomic E-state index is 11.4. The van der Waals surface area contributed by atoms with E-state index in [0.717, 1.165) is 16.3 Å². The fourth-order valence-corrected chi connectivity index (χ4v) is 1.99. The van der Waals surface area contributed by atoms with E-state index in [0.29, 0.717) is 17.0 Å². The number of nitrogens with two attached hydrogens (primary N) is 1. The summed E-state index contributed by atoms with van der Waals surface area (Å²) in [7, 11) is 0. The number of hydrazine groups is 1. The van der Waals surface area contributed by atoms with Crippen molar-refractivity contribution in [3.05, 3.63) is 11.3 Å². The van der Waals surface area contributed by atoms with Gasteiger partial charge < -0.3 is 10.8 Å². The van der Waals surface area contributed by atoms with Crippen LogP contribution in [0.25, 0.3) is 5.65 Å². The van der Waals surface area contributed by atoms with Crippen molar-refractivity contribution in [1.29, 1.82) is 0 Å². The Kier molecular flexibility index (Phi) is 3.36. The molecule has 9 heteroatoms. The molecule has 1 amide bonds. The van der Waals surface area contributed by atoms with E-state index >= 15 is 0 Å². The summed E-state index contributed by atoms with van der Waals surface area (Å²) in [6, 6.07) is 0. The molecule has 0 radical (unpaired) electrons. The number of nitrogen functional groups attached to an aromatic ring is 1. The number of amides is 1. The third-order valence-electron chi connectivity index (χ3n) is 3.30. The van der Waals surface area contributed by atoms with Gasteiger partial charge in [0.15, 0.2) is 0 Å². The SMILES string of the molecule is Cc1c(NN(C(=O)O)C(C)(C)C)c(N)c2nnnn2c1C. The number of pyridine rings is 1. The Balaban J connectivity index is 2.58. The van der Waals surface area contributed by atoms with Crippen LogP contribution in [0.5, 0.6) is 0 Å². The van der Waals surface area contributed by atoms with Crippen LogP contribution >= 0.6 is 0 Å². The number of aryl methyl sites for hydroxylation is 1. The molecule has 0 aliphatic heterocycles. The van der Waals surface area contributed by atoms with Crippen molar-refractivity contribution in [3.63, 3.8) is 0 Å². The zero-order valence-corrected chi connectivity index (χ0v) is 12.7. The van der Waals surface area contributed by atoms with Crippen molar-refractivity contribution >= 4 is 23.1 Å². The summed E-state index contributed by atoms with van der Waals surface area (Å²) in [6.07, 6.45) is -1.10. The van der Waals surface area contributed by atoms with Crippen molar-refractivity contribution in [1.82, 2.24) is 25.0 Å². The number of tetrazole rings is 1. The Morgan fingerprint density at radius 2 is 2.00 bits per heavy atom. The van der Waals surface area contributed by atoms with Crippen molar-refractivity contribution < 1.29 is 9.90 Å². The van der Waals surface area contributed by atoms with Gasteiger partial charge >= 0.3 is 6.09 Å². The minimum Gasteiger partial charge on any atom is -0.464 e. The van der Waals surface area contributed by atoms with E-state index in [1.165, 1.54) is 4.52 Å². The number of fused-ring (bicyclic) bond motifs is 1. The first kappa shape index (κ1) is 14.8. The summed E-state index contributed by atoms with van der Waals surface area (Å²) in [5.74, 6) is 0. The summed E-state index contributed by atoms with van der Waals surface area (Å²) in [5, 5.41) is 21.8. The second-order valence-electron chi connectivity index (χ2n) is 5.81. The quantitative estimate of drug-likeness (QED) is 0.716. The highest BCUT2D eigenvalue weighted by Gasteiger charge is 2.28. The molecular formula is C12H19N7O2. The molecule has 2 heterocycles. The highest BCUT2D eigenvalue weighted by atomic mass is 16.4. The van der Waals surface area contributed by atoms with Crippen LogP contribution in [0.4, 0.5) is 16.2 Å². The predicted octanol–water partition coefficient (Wildman–Crippen LogP) is 1.43. The van der Waals surface area contributed by atoms with Gasteiger partial charge in [0, 0.05) is 5.69 Å². The Morgan fingerprint density at radius 3 is 2.52 bits per heavy atom. The average molecular weight is 293 g/mol. The van der Waals surface area contributed by atoms with Crippen molar-refractivity contribution in [2.24, 2.45) is 0 Å². The van der Waals surface area contributed by atoms with Crippen LogP contribution in [0.15, 0.2) is 0 Å². The highest BCUT2D eigenvalue weighted by Crippen LogP contribution is 2.30. The predicted molar refractivity (Wildman–Crippen MR) is 77.9 cm³/mol. The van der Waals surface area contributed by atoms with Crippen LogP contribution in [0, 0.1) is 13.8 Å². The van der Waals surface area contributed by atoms with Gasteiger partial charge in [-0.15, -0.1) is 5.10 Å². The summed E-state index contributed by atoms with van der Waals surface area (Å²) >= 11 is 0. The number of carbonyl (C=O) groups is 1. The molecule has 0 aromatic carbocycles. The zero-order valence-electron chi connectivity index (χ0n) is 12.7. The van der Waals surface area contributed by atoms with E-state index < -0.39 is 11.6 Å². The second kappa shape index (κ2) is 4.76. The molecule has 0 aliphatic carbocycles. The first-order chi connectivity index (χ1) is 9.64. The molecule has 0 saturated carbocycles. The molecule has 2 rings (SSSR count). The Morgan fingerprint density at radius 1 is 1.38 bits per heavy atom. The van der Waals surface area contributed by atoms with E-state index in [-0.39, 0.29) is 0 Å². The van der Waals surface area contributed by atoms with Crippen LogP contribution in [0.3, 0.4) is 0 Å². The van der Waals surface area contributed by atoms with E-state index in [9.17, 15) is 9.90 Å². The van der Waals surface area contributed by atoms with Gasteiger partial charge in [-0.3, -0.25) is 5.43 Å².